The Hall–Kier alpha value is -0.0800. The molecular formula is C16H34O2. The van der Waals surface area contributed by atoms with Crippen molar-refractivity contribution in [3.05, 3.63) is 0 Å². The minimum absolute atomic E-state index is 0.348. The van der Waals surface area contributed by atoms with Gasteiger partial charge in [0.1, 0.15) is 0 Å². The molecule has 0 spiro atoms. The van der Waals surface area contributed by atoms with Gasteiger partial charge in [-0.25, -0.2) is 0 Å². The molecule has 2 heteroatoms. The summed E-state index contributed by atoms with van der Waals surface area (Å²) in [6, 6.07) is 0. The zero-order valence-electron chi connectivity index (χ0n) is 12.4. The summed E-state index contributed by atoms with van der Waals surface area (Å²) in [6.45, 7) is 2.94. The molecular weight excluding hydrogens is 224 g/mol. The Balaban J connectivity index is 3.17. The average Bonchev–Trinajstić information content (AvgIpc) is 2.40. The molecule has 0 radical (unpaired) electrons. The molecule has 0 aliphatic carbocycles. The molecule has 0 fully saturated rings. The van der Waals surface area contributed by atoms with Crippen molar-refractivity contribution >= 4 is 0 Å². The third kappa shape index (κ3) is 12.4. The van der Waals surface area contributed by atoms with E-state index in [-0.39, 0.29) is 0 Å². The Labute approximate surface area is 114 Å². The van der Waals surface area contributed by atoms with Crippen LogP contribution in [0, 0.1) is 5.92 Å². The molecule has 2 N–H and O–H groups in total. The maximum absolute atomic E-state index is 9.26. The van der Waals surface area contributed by atoms with Crippen LogP contribution in [-0.4, -0.2) is 23.4 Å². The van der Waals surface area contributed by atoms with Crippen LogP contribution in [0.3, 0.4) is 0 Å². The van der Waals surface area contributed by atoms with E-state index in [0.29, 0.717) is 19.1 Å². The van der Waals surface area contributed by atoms with Crippen LogP contribution >= 0.6 is 0 Å². The van der Waals surface area contributed by atoms with Gasteiger partial charge in [0.05, 0.1) is 0 Å². The first kappa shape index (κ1) is 17.9. The second-order valence-electron chi connectivity index (χ2n) is 5.53. The quantitative estimate of drug-likeness (QED) is 0.456. The lowest BCUT2D eigenvalue weighted by atomic mass is 9.96. The Bertz CT molecular complexity index is 148. The van der Waals surface area contributed by atoms with Gasteiger partial charge in [-0.15, -0.1) is 0 Å². The fraction of sp³-hybridized carbons (Fsp3) is 1.00. The topological polar surface area (TPSA) is 40.5 Å². The summed E-state index contributed by atoms with van der Waals surface area (Å²) in [4.78, 5) is 0. The molecule has 0 saturated heterocycles. The van der Waals surface area contributed by atoms with Crippen LogP contribution < -0.4 is 0 Å². The van der Waals surface area contributed by atoms with Crippen LogP contribution in [0.2, 0.25) is 0 Å². The normalized spacial score (nSPS) is 12.8. The minimum atomic E-state index is 0.348. The van der Waals surface area contributed by atoms with Crippen LogP contribution in [0.1, 0.15) is 84.0 Å². The van der Waals surface area contributed by atoms with Crippen molar-refractivity contribution in [1.82, 2.24) is 0 Å². The summed E-state index contributed by atoms with van der Waals surface area (Å²) in [5, 5.41) is 17.9. The van der Waals surface area contributed by atoms with E-state index in [1.54, 1.807) is 0 Å². The van der Waals surface area contributed by atoms with Crippen LogP contribution in [0.4, 0.5) is 0 Å². The van der Waals surface area contributed by atoms with Gasteiger partial charge in [-0.3, -0.25) is 0 Å². The largest absolute Gasteiger partial charge is 0.396 e. The SMILES string of the molecule is CCCCC(CO)CCCCCCCCCCO. The van der Waals surface area contributed by atoms with Gasteiger partial charge in [-0.2, -0.15) is 0 Å². The van der Waals surface area contributed by atoms with Crippen molar-refractivity contribution in [2.45, 2.75) is 84.0 Å². The van der Waals surface area contributed by atoms with Crippen molar-refractivity contribution < 1.29 is 10.2 Å². The molecule has 0 aromatic carbocycles. The molecule has 2 nitrogen and oxygen atoms in total. The number of unbranched alkanes of at least 4 members (excludes halogenated alkanes) is 8. The lowest BCUT2D eigenvalue weighted by molar-refractivity contribution is 0.205. The molecule has 1 atom stereocenters. The highest BCUT2D eigenvalue weighted by Gasteiger charge is 2.05. The number of hydrogen-bond acceptors (Lipinski definition) is 2. The van der Waals surface area contributed by atoms with Crippen molar-refractivity contribution in [2.24, 2.45) is 5.92 Å². The molecule has 0 bridgehead atoms. The van der Waals surface area contributed by atoms with E-state index in [0.717, 1.165) is 6.42 Å². The zero-order chi connectivity index (χ0) is 13.5. The Kier molecular flexibility index (Phi) is 14.9. The highest BCUT2D eigenvalue weighted by atomic mass is 16.3. The van der Waals surface area contributed by atoms with Crippen LogP contribution in [-0.2, 0) is 0 Å². The van der Waals surface area contributed by atoms with E-state index in [1.807, 2.05) is 0 Å². The molecule has 18 heavy (non-hydrogen) atoms. The second kappa shape index (κ2) is 15.0. The van der Waals surface area contributed by atoms with E-state index >= 15 is 0 Å². The fourth-order valence-corrected chi connectivity index (χ4v) is 2.43. The van der Waals surface area contributed by atoms with Gasteiger partial charge in [-0.05, 0) is 25.2 Å². The molecule has 0 amide bonds. The fourth-order valence-electron chi connectivity index (χ4n) is 2.43. The summed E-state index contributed by atoms with van der Waals surface area (Å²) in [5.41, 5.74) is 0. The van der Waals surface area contributed by atoms with E-state index in [9.17, 15) is 5.11 Å². The van der Waals surface area contributed by atoms with Crippen molar-refractivity contribution in [1.29, 1.82) is 0 Å². The van der Waals surface area contributed by atoms with Crippen LogP contribution in [0.25, 0.3) is 0 Å². The van der Waals surface area contributed by atoms with Gasteiger partial charge in [0.2, 0.25) is 0 Å². The van der Waals surface area contributed by atoms with Crippen molar-refractivity contribution in [2.75, 3.05) is 13.2 Å². The molecule has 0 aromatic rings. The monoisotopic (exact) mass is 258 g/mol. The van der Waals surface area contributed by atoms with Crippen LogP contribution in [0.5, 0.6) is 0 Å². The van der Waals surface area contributed by atoms with Gasteiger partial charge in [-0.1, -0.05) is 64.7 Å². The van der Waals surface area contributed by atoms with E-state index < -0.39 is 0 Å². The highest BCUT2D eigenvalue weighted by Crippen LogP contribution is 2.17. The third-order valence-electron chi connectivity index (χ3n) is 3.74. The maximum atomic E-state index is 9.26. The first-order chi connectivity index (χ1) is 8.85. The van der Waals surface area contributed by atoms with Crippen molar-refractivity contribution in [3.63, 3.8) is 0 Å². The Morgan fingerprint density at radius 1 is 0.667 bits per heavy atom. The van der Waals surface area contributed by atoms with E-state index in [1.165, 1.54) is 70.6 Å². The summed E-state index contributed by atoms with van der Waals surface area (Å²) >= 11 is 0. The molecule has 0 heterocycles. The molecule has 0 rings (SSSR count). The third-order valence-corrected chi connectivity index (χ3v) is 3.74. The number of aliphatic hydroxyl groups excluding tert-OH is 2. The first-order valence-electron chi connectivity index (χ1n) is 8.06. The minimum Gasteiger partial charge on any atom is -0.396 e. The smallest absolute Gasteiger partial charge is 0.0459 e. The van der Waals surface area contributed by atoms with Gasteiger partial charge >= 0.3 is 0 Å². The lowest BCUT2D eigenvalue weighted by Gasteiger charge is -2.13. The van der Waals surface area contributed by atoms with Gasteiger partial charge in [0.15, 0.2) is 0 Å². The molecule has 110 valence electrons. The molecule has 0 aliphatic rings. The van der Waals surface area contributed by atoms with Gasteiger partial charge in [0, 0.05) is 13.2 Å². The maximum Gasteiger partial charge on any atom is 0.0459 e. The summed E-state index contributed by atoms with van der Waals surface area (Å²) in [7, 11) is 0. The number of rotatable bonds is 14. The van der Waals surface area contributed by atoms with E-state index in [2.05, 4.69) is 6.92 Å². The first-order valence-corrected chi connectivity index (χ1v) is 8.06. The van der Waals surface area contributed by atoms with Gasteiger partial charge in [0.25, 0.3) is 0 Å². The Morgan fingerprint density at radius 3 is 1.67 bits per heavy atom. The standard InChI is InChI=1S/C16H34O2/c1-2-3-12-16(15-18)13-10-8-6-4-5-7-9-11-14-17/h16-18H,2-15H2,1H3. The number of hydrogen-bond donors (Lipinski definition) is 2. The predicted molar refractivity (Wildman–Crippen MR) is 78.7 cm³/mol. The summed E-state index contributed by atoms with van der Waals surface area (Å²) in [6.07, 6.45) is 14.9. The van der Waals surface area contributed by atoms with E-state index in [4.69, 9.17) is 5.11 Å². The van der Waals surface area contributed by atoms with Crippen molar-refractivity contribution in [3.8, 4) is 0 Å². The molecule has 0 aromatic heterocycles. The summed E-state index contributed by atoms with van der Waals surface area (Å²) in [5.74, 6) is 0.550. The molecule has 1 unspecified atom stereocenters. The zero-order valence-corrected chi connectivity index (χ0v) is 12.4. The predicted octanol–water partition coefficient (Wildman–Crippen LogP) is 4.29. The lowest BCUT2D eigenvalue weighted by Crippen LogP contribution is -2.05. The van der Waals surface area contributed by atoms with Crippen LogP contribution in [0.15, 0.2) is 0 Å². The Morgan fingerprint density at radius 2 is 1.17 bits per heavy atom. The molecule has 0 saturated carbocycles. The average molecular weight is 258 g/mol. The second-order valence-corrected chi connectivity index (χ2v) is 5.53. The summed E-state index contributed by atoms with van der Waals surface area (Å²) < 4.78 is 0. The number of aliphatic hydroxyl groups is 2. The molecule has 0 aliphatic heterocycles. The van der Waals surface area contributed by atoms with Gasteiger partial charge < -0.3 is 10.2 Å². The highest BCUT2D eigenvalue weighted by molar-refractivity contribution is 4.58.